The third kappa shape index (κ3) is 4.98. The second kappa shape index (κ2) is 10.4. The van der Waals surface area contributed by atoms with Crippen LogP contribution in [0.25, 0.3) is 81.8 Å². The van der Waals surface area contributed by atoms with Gasteiger partial charge in [-0.1, -0.05) is 0 Å². The fourth-order valence-electron chi connectivity index (χ4n) is 6.60. The van der Waals surface area contributed by atoms with Gasteiger partial charge < -0.3 is 29.9 Å². The number of hydrogen-bond acceptors (Lipinski definition) is 2. The van der Waals surface area contributed by atoms with Crippen LogP contribution >= 0.6 is 0 Å². The second-order valence-electron chi connectivity index (χ2n) is 12.3. The smallest absolute Gasteiger partial charge is 0.0658 e. The number of H-pyrrole nitrogens is 6. The van der Waals surface area contributed by atoms with Crippen LogP contribution in [0, 0.1) is 0 Å². The third-order valence-electron chi connectivity index (χ3n) is 8.75. The Hall–Kier alpha value is -6.80. The van der Waals surface area contributed by atoms with Crippen molar-refractivity contribution in [2.45, 2.75) is 0 Å². The molecule has 0 fully saturated rings. The van der Waals surface area contributed by atoms with E-state index in [0.717, 1.165) is 100 Å². The lowest BCUT2D eigenvalue weighted by Gasteiger charge is -1.96. The van der Waals surface area contributed by atoms with Gasteiger partial charge in [0.05, 0.1) is 22.8 Å². The zero-order valence-electron chi connectivity index (χ0n) is 25.6. The summed E-state index contributed by atoms with van der Waals surface area (Å²) in [6.07, 6.45) is 16.7. The van der Waals surface area contributed by atoms with Crippen molar-refractivity contribution in [2.75, 3.05) is 0 Å². The molecule has 0 saturated carbocycles. The molecule has 8 heteroatoms. The van der Waals surface area contributed by atoms with Crippen LogP contribution in [0.3, 0.4) is 0 Å². The van der Waals surface area contributed by atoms with Gasteiger partial charge in [-0.05, 0) is 134 Å². The van der Waals surface area contributed by atoms with E-state index >= 15 is 0 Å². The zero-order chi connectivity index (χ0) is 31.6. The molecule has 8 nitrogen and oxygen atoms in total. The predicted molar refractivity (Wildman–Crippen MR) is 194 cm³/mol. The van der Waals surface area contributed by atoms with Gasteiger partial charge in [0.2, 0.25) is 0 Å². The normalized spacial score (nSPS) is 13.1. The summed E-state index contributed by atoms with van der Waals surface area (Å²) in [5, 5.41) is 4.04. The van der Waals surface area contributed by atoms with E-state index in [9.17, 15) is 0 Å². The van der Waals surface area contributed by atoms with Gasteiger partial charge in [-0.25, -0.2) is 9.97 Å². The predicted octanol–water partition coefficient (Wildman–Crippen LogP) is 5.26. The molecule has 0 aromatic carbocycles. The van der Waals surface area contributed by atoms with E-state index in [1.165, 1.54) is 0 Å². The minimum absolute atomic E-state index is 0.875. The van der Waals surface area contributed by atoms with Gasteiger partial charge in [0.25, 0.3) is 0 Å². The summed E-state index contributed by atoms with van der Waals surface area (Å²) in [6.45, 7) is 0. The molecular formula is C40H28N8. The Morgan fingerprint density at radius 2 is 0.896 bits per heavy atom. The summed E-state index contributed by atoms with van der Waals surface area (Å²) < 4.78 is 0. The van der Waals surface area contributed by atoms with Crippen LogP contribution in [0.15, 0.2) is 84.9 Å². The van der Waals surface area contributed by atoms with Crippen LogP contribution in [0.2, 0.25) is 0 Å². The fraction of sp³-hybridized carbons (Fsp3) is 0. The number of nitrogens with one attached hydrogen (secondary N) is 6. The molecule has 7 aromatic rings. The molecule has 228 valence electrons. The summed E-state index contributed by atoms with van der Waals surface area (Å²) in [5.74, 6) is 0. The maximum absolute atomic E-state index is 4.92. The highest BCUT2D eigenvalue weighted by molar-refractivity contribution is 5.88. The van der Waals surface area contributed by atoms with Crippen molar-refractivity contribution in [1.29, 1.82) is 0 Å². The Morgan fingerprint density at radius 3 is 1.52 bits per heavy atom. The molecule has 48 heavy (non-hydrogen) atoms. The summed E-state index contributed by atoms with van der Waals surface area (Å²) in [7, 11) is 0. The summed E-state index contributed by atoms with van der Waals surface area (Å²) >= 11 is 0. The largest absolute Gasteiger partial charge is 0.355 e. The number of rotatable bonds is 1. The van der Waals surface area contributed by atoms with Gasteiger partial charge in [0, 0.05) is 77.4 Å². The maximum Gasteiger partial charge on any atom is 0.0658 e. The second-order valence-corrected chi connectivity index (χ2v) is 12.3. The minimum atomic E-state index is 0.875. The Morgan fingerprint density at radius 1 is 0.354 bits per heavy atom. The van der Waals surface area contributed by atoms with Crippen LogP contribution < -0.4 is 21.4 Å². The Bertz CT molecular complexity index is 2910. The summed E-state index contributed by atoms with van der Waals surface area (Å²) in [6, 6.07) is 29.4. The van der Waals surface area contributed by atoms with Gasteiger partial charge in [-0.15, -0.1) is 0 Å². The third-order valence-corrected chi connectivity index (χ3v) is 8.75. The fourth-order valence-corrected chi connectivity index (χ4v) is 6.60. The molecule has 0 spiro atoms. The van der Waals surface area contributed by atoms with Gasteiger partial charge in [0.1, 0.15) is 0 Å². The highest BCUT2D eigenvalue weighted by Crippen LogP contribution is 2.26. The van der Waals surface area contributed by atoms with Gasteiger partial charge in [-0.2, -0.15) is 0 Å². The van der Waals surface area contributed by atoms with Crippen LogP contribution in [-0.4, -0.2) is 39.9 Å². The molecule has 6 N–H and O–H groups in total. The minimum Gasteiger partial charge on any atom is -0.355 e. The summed E-state index contributed by atoms with van der Waals surface area (Å²) in [4.78, 5) is 31.2. The molecule has 0 atom stereocenters. The summed E-state index contributed by atoms with van der Waals surface area (Å²) in [5.41, 5.74) is 13.6. The van der Waals surface area contributed by atoms with Crippen LogP contribution in [0.5, 0.6) is 0 Å². The number of aromatic nitrogens is 8. The van der Waals surface area contributed by atoms with E-state index in [2.05, 4.69) is 145 Å². The van der Waals surface area contributed by atoms with Crippen LogP contribution in [0.1, 0.15) is 45.6 Å². The van der Waals surface area contributed by atoms with Crippen LogP contribution in [0.4, 0.5) is 0 Å². The van der Waals surface area contributed by atoms with E-state index in [0.29, 0.717) is 0 Å². The van der Waals surface area contributed by atoms with E-state index in [1.807, 2.05) is 18.2 Å². The molecule has 0 unspecified atom stereocenters. The van der Waals surface area contributed by atoms with Gasteiger partial charge in [-0.3, -0.25) is 0 Å². The molecule has 16 bridgehead atoms. The first kappa shape index (κ1) is 26.4. The average molecular weight is 621 g/mol. The van der Waals surface area contributed by atoms with E-state index < -0.39 is 0 Å². The molecule has 3 aliphatic heterocycles. The zero-order valence-corrected chi connectivity index (χ0v) is 25.6. The first-order valence-corrected chi connectivity index (χ1v) is 15.9. The molecule has 0 aliphatic carbocycles. The number of hydrogen-bond donors (Lipinski definition) is 6. The molecular weight excluding hydrogens is 592 g/mol. The molecule has 0 radical (unpaired) electrons. The molecule has 0 amide bonds. The lowest BCUT2D eigenvalue weighted by atomic mass is 10.1. The highest BCUT2D eigenvalue weighted by atomic mass is 14.8. The van der Waals surface area contributed by atoms with Crippen molar-refractivity contribution in [3.8, 4) is 11.1 Å². The number of fused-ring (bicyclic) bond motifs is 16. The Labute approximate surface area is 273 Å². The lowest BCUT2D eigenvalue weighted by Crippen LogP contribution is -2.11. The van der Waals surface area contributed by atoms with E-state index in [-0.39, 0.29) is 0 Å². The molecule has 7 aromatic heterocycles. The van der Waals surface area contributed by atoms with Crippen molar-refractivity contribution in [3.05, 3.63) is 152 Å². The quantitative estimate of drug-likeness (QED) is 0.150. The van der Waals surface area contributed by atoms with Crippen molar-refractivity contribution >= 4 is 70.7 Å². The SMILES string of the molecule is C1=Cc2cc3cc(-c4cc5[nH]c4=Cc4ccc([nH]4)C=c4ccc([nH]4)=Cc4ccc([nH]4)C=5)c(cc4nc(cc5ccc(cc1n2)[nH]5)C=C4)[nH]3. The van der Waals surface area contributed by atoms with Crippen molar-refractivity contribution in [3.63, 3.8) is 0 Å². The van der Waals surface area contributed by atoms with E-state index in [4.69, 9.17) is 9.97 Å². The van der Waals surface area contributed by atoms with Crippen molar-refractivity contribution in [2.24, 2.45) is 0 Å². The molecule has 0 saturated heterocycles. The lowest BCUT2D eigenvalue weighted by molar-refractivity contribution is 1.23. The first-order valence-electron chi connectivity index (χ1n) is 15.9. The number of aromatic amines is 6. The van der Waals surface area contributed by atoms with Gasteiger partial charge in [0.15, 0.2) is 0 Å². The van der Waals surface area contributed by atoms with Crippen LogP contribution in [-0.2, 0) is 0 Å². The highest BCUT2D eigenvalue weighted by Gasteiger charge is 2.11. The topological polar surface area (TPSA) is 121 Å². The molecule has 10 heterocycles. The monoisotopic (exact) mass is 620 g/mol. The maximum atomic E-state index is 4.92. The standard InChI is InChI=1S/C40H28N8/c1-3-25-15-29-9-11-33(45-29)21-39-37(19-35(47-39)17-31-7-5-27(43-31)13-23(1)41-25)38-20-36-18-32-8-6-28(44-32)14-24-2-4-26(42-24)16-30-10-12-34(46-30)22-40(38)48-36/h1-22,41-43,45,47-48H. The van der Waals surface area contributed by atoms with Crippen molar-refractivity contribution < 1.29 is 0 Å². The molecule has 3 aliphatic rings. The average Bonchev–Trinajstić information content (AvgIpc) is 3.89. The first-order chi connectivity index (χ1) is 23.6. The van der Waals surface area contributed by atoms with Crippen molar-refractivity contribution in [1.82, 2.24) is 39.9 Å². The molecule has 10 rings (SSSR count). The number of nitrogens with zero attached hydrogens (tertiary/aromatic N) is 2. The Balaban J connectivity index is 1.23. The van der Waals surface area contributed by atoms with Gasteiger partial charge >= 0.3 is 0 Å². The Kier molecular flexibility index (Phi) is 5.71. The van der Waals surface area contributed by atoms with E-state index in [1.54, 1.807) is 0 Å².